The van der Waals surface area contributed by atoms with Crippen LogP contribution in [0.25, 0.3) is 0 Å². The van der Waals surface area contributed by atoms with Crippen LogP contribution in [-0.2, 0) is 6.42 Å². The fourth-order valence-electron chi connectivity index (χ4n) is 1.85. The van der Waals surface area contributed by atoms with Gasteiger partial charge in [-0.3, -0.25) is 4.98 Å². The van der Waals surface area contributed by atoms with Gasteiger partial charge >= 0.3 is 0 Å². The molecule has 0 aliphatic heterocycles. The zero-order valence-electron chi connectivity index (χ0n) is 9.90. The molecule has 1 aromatic carbocycles. The Morgan fingerprint density at radius 2 is 2.06 bits per heavy atom. The van der Waals surface area contributed by atoms with Crippen LogP contribution in [0.2, 0.25) is 0 Å². The molecule has 0 spiro atoms. The lowest BCUT2D eigenvalue weighted by Crippen LogP contribution is -2.06. The largest absolute Gasteiger partial charge is 0.388 e. The molecule has 0 aliphatic carbocycles. The summed E-state index contributed by atoms with van der Waals surface area (Å²) in [5.74, 6) is -1.26. The van der Waals surface area contributed by atoms with Gasteiger partial charge in [0.2, 0.25) is 0 Å². The van der Waals surface area contributed by atoms with Crippen LogP contribution in [0.15, 0.2) is 36.5 Å². The van der Waals surface area contributed by atoms with Crippen LogP contribution >= 0.6 is 0 Å². The Morgan fingerprint density at radius 3 is 2.72 bits per heavy atom. The van der Waals surface area contributed by atoms with Gasteiger partial charge in [-0.2, -0.15) is 0 Å². The van der Waals surface area contributed by atoms with Crippen molar-refractivity contribution >= 4 is 0 Å². The first-order valence-corrected chi connectivity index (χ1v) is 5.61. The molecule has 94 valence electrons. The molecular formula is C14H13F2NO. The topological polar surface area (TPSA) is 33.1 Å². The highest BCUT2D eigenvalue weighted by molar-refractivity contribution is 5.25. The number of aliphatic hydroxyl groups is 1. The third-order valence-corrected chi connectivity index (χ3v) is 2.84. The van der Waals surface area contributed by atoms with E-state index in [4.69, 9.17) is 0 Å². The van der Waals surface area contributed by atoms with E-state index in [-0.39, 0.29) is 12.0 Å². The van der Waals surface area contributed by atoms with Gasteiger partial charge < -0.3 is 5.11 Å². The van der Waals surface area contributed by atoms with Crippen LogP contribution in [0.1, 0.15) is 22.9 Å². The molecule has 4 heteroatoms. The maximum Gasteiger partial charge on any atom is 0.129 e. The molecule has 0 amide bonds. The summed E-state index contributed by atoms with van der Waals surface area (Å²) in [5, 5.41) is 10.0. The first kappa shape index (κ1) is 12.6. The summed E-state index contributed by atoms with van der Waals surface area (Å²) < 4.78 is 26.2. The van der Waals surface area contributed by atoms with Crippen molar-refractivity contribution in [2.45, 2.75) is 19.4 Å². The van der Waals surface area contributed by atoms with E-state index in [0.717, 1.165) is 6.07 Å². The second-order valence-corrected chi connectivity index (χ2v) is 4.13. The predicted octanol–water partition coefficient (Wildman–Crippen LogP) is 2.94. The summed E-state index contributed by atoms with van der Waals surface area (Å²) in [6.45, 7) is 1.78. The average Bonchev–Trinajstić information content (AvgIpc) is 2.33. The molecule has 1 unspecified atom stereocenters. The van der Waals surface area contributed by atoms with E-state index in [1.54, 1.807) is 25.3 Å². The lowest BCUT2D eigenvalue weighted by Gasteiger charge is -2.13. The highest BCUT2D eigenvalue weighted by Gasteiger charge is 2.14. The van der Waals surface area contributed by atoms with Gasteiger partial charge in [0, 0.05) is 29.9 Å². The van der Waals surface area contributed by atoms with E-state index in [1.807, 2.05) is 0 Å². The van der Waals surface area contributed by atoms with E-state index in [0.29, 0.717) is 11.3 Å². The van der Waals surface area contributed by atoms with Gasteiger partial charge in [-0.15, -0.1) is 0 Å². The maximum atomic E-state index is 13.5. The molecule has 0 fully saturated rings. The number of aliphatic hydroxyl groups excluding tert-OH is 1. The Morgan fingerprint density at radius 1 is 1.28 bits per heavy atom. The third-order valence-electron chi connectivity index (χ3n) is 2.84. The van der Waals surface area contributed by atoms with Crippen LogP contribution in [0, 0.1) is 18.6 Å². The first-order chi connectivity index (χ1) is 8.58. The molecule has 1 aromatic heterocycles. The van der Waals surface area contributed by atoms with Crippen molar-refractivity contribution in [3.63, 3.8) is 0 Å². The normalized spacial score (nSPS) is 12.4. The maximum absolute atomic E-state index is 13.5. The molecule has 2 nitrogen and oxygen atoms in total. The van der Waals surface area contributed by atoms with Crippen LogP contribution < -0.4 is 0 Å². The van der Waals surface area contributed by atoms with Crippen LogP contribution in [-0.4, -0.2) is 10.1 Å². The predicted molar refractivity (Wildman–Crippen MR) is 64.0 cm³/mol. The zero-order valence-corrected chi connectivity index (χ0v) is 9.90. The summed E-state index contributed by atoms with van der Waals surface area (Å²) in [6.07, 6.45) is 0.876. The number of nitrogens with zero attached hydrogens (tertiary/aromatic N) is 1. The molecule has 0 radical (unpaired) electrons. The minimum Gasteiger partial charge on any atom is -0.388 e. The van der Waals surface area contributed by atoms with Crippen molar-refractivity contribution in [2.75, 3.05) is 0 Å². The Balaban J connectivity index is 2.21. The van der Waals surface area contributed by atoms with Gasteiger partial charge in [0.1, 0.15) is 11.6 Å². The van der Waals surface area contributed by atoms with Crippen molar-refractivity contribution in [2.24, 2.45) is 0 Å². The van der Waals surface area contributed by atoms with Crippen LogP contribution in [0.5, 0.6) is 0 Å². The lowest BCUT2D eigenvalue weighted by molar-refractivity contribution is 0.176. The van der Waals surface area contributed by atoms with E-state index in [1.165, 1.54) is 12.1 Å². The lowest BCUT2D eigenvalue weighted by atomic mass is 10.0. The van der Waals surface area contributed by atoms with E-state index < -0.39 is 17.7 Å². The van der Waals surface area contributed by atoms with Crippen LogP contribution in [0.3, 0.4) is 0 Å². The van der Waals surface area contributed by atoms with Crippen molar-refractivity contribution < 1.29 is 13.9 Å². The van der Waals surface area contributed by atoms with Gasteiger partial charge in [-0.25, -0.2) is 8.78 Å². The molecule has 1 heterocycles. The van der Waals surface area contributed by atoms with E-state index in [2.05, 4.69) is 4.98 Å². The van der Waals surface area contributed by atoms with Gasteiger partial charge in [0.05, 0.1) is 6.10 Å². The minimum atomic E-state index is -0.848. The summed E-state index contributed by atoms with van der Waals surface area (Å²) in [7, 11) is 0. The molecule has 2 aromatic rings. The molecule has 1 atom stereocenters. The van der Waals surface area contributed by atoms with Crippen molar-refractivity contribution in [1.29, 1.82) is 0 Å². The molecule has 0 aliphatic rings. The Bertz CT molecular complexity index is 557. The number of rotatable bonds is 3. The Kier molecular flexibility index (Phi) is 3.67. The van der Waals surface area contributed by atoms with E-state index in [9.17, 15) is 13.9 Å². The molecule has 0 saturated carbocycles. The summed E-state index contributed by atoms with van der Waals surface area (Å²) in [4.78, 5) is 4.06. The number of aryl methyl sites for hydroxylation is 1. The highest BCUT2D eigenvalue weighted by Crippen LogP contribution is 2.22. The molecule has 2 rings (SSSR count). The fraction of sp³-hybridized carbons (Fsp3) is 0.214. The Labute approximate surface area is 104 Å². The number of aromatic nitrogens is 1. The molecule has 0 bridgehead atoms. The number of halogens is 2. The van der Waals surface area contributed by atoms with E-state index >= 15 is 0 Å². The monoisotopic (exact) mass is 249 g/mol. The summed E-state index contributed by atoms with van der Waals surface area (Å²) in [5.41, 5.74) is 1.64. The summed E-state index contributed by atoms with van der Waals surface area (Å²) >= 11 is 0. The zero-order chi connectivity index (χ0) is 13.1. The number of benzene rings is 1. The minimum absolute atomic E-state index is 0.0959. The van der Waals surface area contributed by atoms with Gasteiger partial charge in [-0.1, -0.05) is 12.1 Å². The molecule has 0 saturated heterocycles. The highest BCUT2D eigenvalue weighted by atomic mass is 19.1. The van der Waals surface area contributed by atoms with Crippen LogP contribution in [0.4, 0.5) is 8.78 Å². The number of pyridine rings is 1. The Hall–Kier alpha value is -1.81. The fourth-order valence-corrected chi connectivity index (χ4v) is 1.85. The number of hydrogen-bond acceptors (Lipinski definition) is 2. The molecule has 1 N–H and O–H groups in total. The van der Waals surface area contributed by atoms with Gasteiger partial charge in [0.25, 0.3) is 0 Å². The summed E-state index contributed by atoms with van der Waals surface area (Å²) in [6, 6.07) is 6.81. The molecular weight excluding hydrogens is 236 g/mol. The number of hydrogen-bond donors (Lipinski definition) is 1. The molecule has 18 heavy (non-hydrogen) atoms. The second kappa shape index (κ2) is 5.23. The smallest absolute Gasteiger partial charge is 0.129 e. The first-order valence-electron chi connectivity index (χ1n) is 5.61. The second-order valence-electron chi connectivity index (χ2n) is 4.13. The average molecular weight is 249 g/mol. The van der Waals surface area contributed by atoms with Crippen molar-refractivity contribution in [3.8, 4) is 0 Å². The van der Waals surface area contributed by atoms with Gasteiger partial charge in [-0.05, 0) is 24.6 Å². The quantitative estimate of drug-likeness (QED) is 0.907. The van der Waals surface area contributed by atoms with Crippen molar-refractivity contribution in [1.82, 2.24) is 4.98 Å². The van der Waals surface area contributed by atoms with Gasteiger partial charge in [0.15, 0.2) is 0 Å². The SMILES string of the molecule is Cc1ncccc1C(O)Cc1ccc(F)cc1F. The third kappa shape index (κ3) is 2.71. The standard InChI is InChI=1S/C14H13F2NO/c1-9-12(3-2-6-17-9)14(18)7-10-4-5-11(15)8-13(10)16/h2-6,8,14,18H,7H2,1H3. The van der Waals surface area contributed by atoms with Crippen molar-refractivity contribution in [3.05, 3.63) is 65.0 Å².